The Kier molecular flexibility index (Phi) is 3.34. The molecular formula is C10H16O3. The third-order valence-corrected chi connectivity index (χ3v) is 2.50. The molecule has 74 valence electrons. The van der Waals surface area contributed by atoms with E-state index < -0.39 is 0 Å². The molecule has 0 aromatic carbocycles. The van der Waals surface area contributed by atoms with Gasteiger partial charge in [0.1, 0.15) is 12.7 Å². The van der Waals surface area contributed by atoms with Gasteiger partial charge in [-0.1, -0.05) is 13.8 Å². The predicted octanol–water partition coefficient (Wildman–Crippen LogP) is 1.73. The van der Waals surface area contributed by atoms with Gasteiger partial charge in [0.05, 0.1) is 6.26 Å². The number of hydrogen-bond donors (Lipinski definition) is 0. The van der Waals surface area contributed by atoms with Gasteiger partial charge in [0.15, 0.2) is 0 Å². The van der Waals surface area contributed by atoms with Crippen molar-refractivity contribution in [2.24, 2.45) is 11.8 Å². The van der Waals surface area contributed by atoms with E-state index in [1.807, 2.05) is 6.08 Å². The van der Waals surface area contributed by atoms with Gasteiger partial charge in [-0.15, -0.1) is 0 Å². The summed E-state index contributed by atoms with van der Waals surface area (Å²) in [6.45, 7) is 5.99. The zero-order chi connectivity index (χ0) is 9.84. The highest BCUT2D eigenvalue weighted by Gasteiger charge is 2.26. The van der Waals surface area contributed by atoms with Crippen molar-refractivity contribution in [3.8, 4) is 0 Å². The van der Waals surface area contributed by atoms with Crippen molar-refractivity contribution in [1.29, 1.82) is 0 Å². The van der Waals surface area contributed by atoms with E-state index in [1.165, 1.54) is 6.92 Å². The highest BCUT2D eigenvalue weighted by atomic mass is 16.6. The molecule has 0 amide bonds. The predicted molar refractivity (Wildman–Crippen MR) is 49.0 cm³/mol. The van der Waals surface area contributed by atoms with Crippen LogP contribution < -0.4 is 0 Å². The lowest BCUT2D eigenvalue weighted by atomic mass is 9.89. The Morgan fingerprint density at radius 1 is 1.54 bits per heavy atom. The van der Waals surface area contributed by atoms with Gasteiger partial charge in [-0.25, -0.2) is 0 Å². The molecular weight excluding hydrogens is 168 g/mol. The summed E-state index contributed by atoms with van der Waals surface area (Å²) in [6.07, 6.45) is 3.72. The zero-order valence-electron chi connectivity index (χ0n) is 8.32. The van der Waals surface area contributed by atoms with Gasteiger partial charge in [0, 0.05) is 12.8 Å². The van der Waals surface area contributed by atoms with E-state index >= 15 is 0 Å². The molecule has 1 aliphatic heterocycles. The number of ether oxygens (including phenoxy) is 2. The number of hydrogen-bond acceptors (Lipinski definition) is 3. The maximum atomic E-state index is 10.6. The molecule has 3 unspecified atom stereocenters. The van der Waals surface area contributed by atoms with Crippen molar-refractivity contribution >= 4 is 5.97 Å². The molecule has 3 nitrogen and oxygen atoms in total. The monoisotopic (exact) mass is 184 g/mol. The largest absolute Gasteiger partial charge is 0.494 e. The van der Waals surface area contributed by atoms with Crippen LogP contribution in [-0.2, 0) is 14.3 Å². The SMILES string of the molecule is CC(=O)OCC1OC=CC(C)C1C. The van der Waals surface area contributed by atoms with E-state index in [0.29, 0.717) is 18.4 Å². The van der Waals surface area contributed by atoms with Crippen molar-refractivity contribution in [2.75, 3.05) is 6.61 Å². The lowest BCUT2D eigenvalue weighted by molar-refractivity contribution is -0.145. The second-order valence-corrected chi connectivity index (χ2v) is 3.52. The molecule has 1 rings (SSSR count). The molecule has 13 heavy (non-hydrogen) atoms. The fraction of sp³-hybridized carbons (Fsp3) is 0.700. The first-order valence-electron chi connectivity index (χ1n) is 4.56. The van der Waals surface area contributed by atoms with Crippen molar-refractivity contribution < 1.29 is 14.3 Å². The molecule has 1 heterocycles. The summed E-state index contributed by atoms with van der Waals surface area (Å²) < 4.78 is 10.3. The molecule has 0 spiro atoms. The Bertz CT molecular complexity index is 210. The summed E-state index contributed by atoms with van der Waals surface area (Å²) >= 11 is 0. The smallest absolute Gasteiger partial charge is 0.302 e. The van der Waals surface area contributed by atoms with Crippen LogP contribution in [0.4, 0.5) is 0 Å². The summed E-state index contributed by atoms with van der Waals surface area (Å²) in [6, 6.07) is 0. The average molecular weight is 184 g/mol. The van der Waals surface area contributed by atoms with E-state index in [2.05, 4.69) is 13.8 Å². The Labute approximate surface area is 78.7 Å². The number of rotatable bonds is 2. The lowest BCUT2D eigenvalue weighted by Gasteiger charge is -2.29. The molecule has 0 N–H and O–H groups in total. The topological polar surface area (TPSA) is 35.5 Å². The maximum Gasteiger partial charge on any atom is 0.302 e. The molecule has 0 bridgehead atoms. The first-order valence-corrected chi connectivity index (χ1v) is 4.56. The van der Waals surface area contributed by atoms with E-state index in [0.717, 1.165) is 0 Å². The number of carbonyl (C=O) groups is 1. The Balaban J connectivity index is 2.42. The molecule has 0 aliphatic carbocycles. The van der Waals surface area contributed by atoms with Crippen molar-refractivity contribution in [3.05, 3.63) is 12.3 Å². The van der Waals surface area contributed by atoms with Crippen LogP contribution in [0.1, 0.15) is 20.8 Å². The van der Waals surface area contributed by atoms with Gasteiger partial charge in [0.25, 0.3) is 0 Å². The minimum absolute atomic E-state index is 0.00361. The minimum Gasteiger partial charge on any atom is -0.494 e. The summed E-state index contributed by atoms with van der Waals surface area (Å²) in [5, 5.41) is 0. The molecule has 0 aromatic rings. The maximum absolute atomic E-state index is 10.6. The summed E-state index contributed by atoms with van der Waals surface area (Å²) in [5.41, 5.74) is 0. The molecule has 0 saturated heterocycles. The summed E-state index contributed by atoms with van der Waals surface area (Å²) in [4.78, 5) is 10.6. The quantitative estimate of drug-likeness (QED) is 0.613. The van der Waals surface area contributed by atoms with Crippen LogP contribution in [0.2, 0.25) is 0 Å². The third-order valence-electron chi connectivity index (χ3n) is 2.50. The Hall–Kier alpha value is -0.990. The van der Waals surface area contributed by atoms with Crippen LogP contribution >= 0.6 is 0 Å². The second kappa shape index (κ2) is 4.30. The van der Waals surface area contributed by atoms with Crippen LogP contribution in [0.5, 0.6) is 0 Å². The summed E-state index contributed by atoms with van der Waals surface area (Å²) in [7, 11) is 0. The van der Waals surface area contributed by atoms with Gasteiger partial charge >= 0.3 is 5.97 Å². The summed E-state index contributed by atoms with van der Waals surface area (Å²) in [5.74, 6) is 0.622. The van der Waals surface area contributed by atoms with Gasteiger partial charge < -0.3 is 9.47 Å². The van der Waals surface area contributed by atoms with Gasteiger partial charge in [-0.3, -0.25) is 4.79 Å². The van der Waals surface area contributed by atoms with Gasteiger partial charge in [-0.05, 0) is 12.0 Å². The Morgan fingerprint density at radius 2 is 2.23 bits per heavy atom. The standard InChI is InChI=1S/C10H16O3/c1-7-4-5-12-10(8(7)2)6-13-9(3)11/h4-5,7-8,10H,6H2,1-3H3. The van der Waals surface area contributed by atoms with Crippen LogP contribution in [0, 0.1) is 11.8 Å². The van der Waals surface area contributed by atoms with E-state index in [1.54, 1.807) is 6.26 Å². The number of carbonyl (C=O) groups excluding carboxylic acids is 1. The molecule has 3 heteroatoms. The van der Waals surface area contributed by atoms with E-state index in [9.17, 15) is 4.79 Å². The van der Waals surface area contributed by atoms with E-state index in [4.69, 9.17) is 9.47 Å². The first-order chi connectivity index (χ1) is 6.11. The fourth-order valence-electron chi connectivity index (χ4n) is 1.30. The van der Waals surface area contributed by atoms with Crippen molar-refractivity contribution in [3.63, 3.8) is 0 Å². The molecule has 3 atom stereocenters. The first kappa shape index (κ1) is 10.1. The number of esters is 1. The fourth-order valence-corrected chi connectivity index (χ4v) is 1.30. The minimum atomic E-state index is -0.252. The molecule has 0 fully saturated rings. The lowest BCUT2D eigenvalue weighted by Crippen LogP contribution is -2.32. The Morgan fingerprint density at radius 3 is 2.85 bits per heavy atom. The van der Waals surface area contributed by atoms with Crippen molar-refractivity contribution in [2.45, 2.75) is 26.9 Å². The normalized spacial score (nSPS) is 32.4. The highest BCUT2D eigenvalue weighted by molar-refractivity contribution is 5.65. The molecule has 1 aliphatic rings. The molecule has 0 aromatic heterocycles. The third kappa shape index (κ3) is 2.76. The van der Waals surface area contributed by atoms with Gasteiger partial charge in [0.2, 0.25) is 0 Å². The van der Waals surface area contributed by atoms with Crippen LogP contribution in [0.25, 0.3) is 0 Å². The average Bonchev–Trinajstić information content (AvgIpc) is 2.07. The highest BCUT2D eigenvalue weighted by Crippen LogP contribution is 2.23. The zero-order valence-corrected chi connectivity index (χ0v) is 8.32. The van der Waals surface area contributed by atoms with Crippen LogP contribution in [0.3, 0.4) is 0 Å². The van der Waals surface area contributed by atoms with Gasteiger partial charge in [-0.2, -0.15) is 0 Å². The van der Waals surface area contributed by atoms with Crippen molar-refractivity contribution in [1.82, 2.24) is 0 Å². The molecule has 0 radical (unpaired) electrons. The molecule has 0 saturated carbocycles. The van der Waals surface area contributed by atoms with Crippen LogP contribution in [0.15, 0.2) is 12.3 Å². The number of allylic oxidation sites excluding steroid dienone is 1. The second-order valence-electron chi connectivity index (χ2n) is 3.52. The van der Waals surface area contributed by atoms with E-state index in [-0.39, 0.29) is 12.1 Å². The van der Waals surface area contributed by atoms with Crippen LogP contribution in [-0.4, -0.2) is 18.7 Å².